The molecule has 0 saturated carbocycles. The second-order valence-corrected chi connectivity index (χ2v) is 7.20. The van der Waals surface area contributed by atoms with Crippen LogP contribution in [0.25, 0.3) is 0 Å². The van der Waals surface area contributed by atoms with Crippen LogP contribution in [0.5, 0.6) is 0 Å². The van der Waals surface area contributed by atoms with Gasteiger partial charge in [0.1, 0.15) is 5.84 Å². The van der Waals surface area contributed by atoms with Gasteiger partial charge in [0, 0.05) is 36.3 Å². The van der Waals surface area contributed by atoms with E-state index in [1.807, 2.05) is 10.3 Å². The van der Waals surface area contributed by atoms with Crippen LogP contribution < -0.4 is 16.4 Å². The highest BCUT2D eigenvalue weighted by molar-refractivity contribution is 7.13. The van der Waals surface area contributed by atoms with Crippen molar-refractivity contribution in [2.45, 2.75) is 31.0 Å². The number of nitrogens with zero attached hydrogens (tertiary/aromatic N) is 3. The predicted octanol–water partition coefficient (Wildman–Crippen LogP) is 1.15. The first kappa shape index (κ1) is 18.6. The predicted molar refractivity (Wildman–Crippen MR) is 90.5 cm³/mol. The molecule has 1 aromatic rings. The number of allylic oxidation sites excluding steroid dienone is 1. The van der Waals surface area contributed by atoms with Crippen molar-refractivity contribution in [3.05, 3.63) is 22.8 Å². The number of rotatable bonds is 2. The molecule has 3 rings (SSSR count). The maximum absolute atomic E-state index is 13.5. The molecule has 0 aliphatic carbocycles. The number of alkyl halides is 3. The monoisotopic (exact) mass is 389 g/mol. The van der Waals surface area contributed by atoms with Gasteiger partial charge in [-0.1, -0.05) is 0 Å². The number of carbonyl (C=O) groups is 1. The van der Waals surface area contributed by atoms with E-state index in [1.165, 1.54) is 11.3 Å². The van der Waals surface area contributed by atoms with Crippen molar-refractivity contribution in [1.82, 2.24) is 4.98 Å². The number of nitrogens with two attached hydrogens (primary N) is 2. The van der Waals surface area contributed by atoms with Gasteiger partial charge < -0.3 is 21.5 Å². The Balaban J connectivity index is 1.89. The molecule has 2 aliphatic rings. The molecule has 1 aromatic heterocycles. The number of hydrogen-bond acceptors (Lipinski definition) is 7. The van der Waals surface area contributed by atoms with E-state index in [1.54, 1.807) is 6.20 Å². The molecular weight excluding hydrogens is 371 g/mol. The minimum Gasteiger partial charge on any atom is -0.401 e. The summed E-state index contributed by atoms with van der Waals surface area (Å²) in [4.78, 5) is 21.1. The molecule has 1 unspecified atom stereocenters. The van der Waals surface area contributed by atoms with Crippen LogP contribution in [0, 0.1) is 5.92 Å². The Morgan fingerprint density at radius 2 is 2.04 bits per heavy atom. The molecule has 3 heterocycles. The Morgan fingerprint density at radius 1 is 1.38 bits per heavy atom. The maximum Gasteiger partial charge on any atom is 0.422 e. The molecule has 1 fully saturated rings. The largest absolute Gasteiger partial charge is 0.422 e. The molecule has 7 nitrogen and oxygen atoms in total. The van der Waals surface area contributed by atoms with Crippen molar-refractivity contribution in [2.24, 2.45) is 22.4 Å². The van der Waals surface area contributed by atoms with E-state index in [0.29, 0.717) is 25.9 Å². The summed E-state index contributed by atoms with van der Waals surface area (Å²) in [5.41, 5.74) is 7.33. The van der Waals surface area contributed by atoms with Crippen LogP contribution in [0.15, 0.2) is 27.8 Å². The van der Waals surface area contributed by atoms with Crippen molar-refractivity contribution in [2.75, 3.05) is 18.0 Å². The van der Waals surface area contributed by atoms with Gasteiger partial charge in [0.05, 0.1) is 12.0 Å². The zero-order valence-corrected chi connectivity index (χ0v) is 14.5. The summed E-state index contributed by atoms with van der Waals surface area (Å²) in [6, 6.07) is 0. The van der Waals surface area contributed by atoms with Crippen molar-refractivity contribution in [3.8, 4) is 0 Å². The highest BCUT2D eigenvalue weighted by atomic mass is 32.1. The zero-order chi connectivity index (χ0) is 19.1. The number of amides is 1. The molecule has 0 radical (unpaired) electrons. The van der Waals surface area contributed by atoms with Crippen LogP contribution in [-0.4, -0.2) is 46.7 Å². The van der Waals surface area contributed by atoms with E-state index in [9.17, 15) is 23.1 Å². The third-order valence-electron chi connectivity index (χ3n) is 4.70. The van der Waals surface area contributed by atoms with Gasteiger partial charge in [-0.3, -0.25) is 4.79 Å². The third kappa shape index (κ3) is 3.16. The lowest BCUT2D eigenvalue weighted by Crippen LogP contribution is -2.55. The molecule has 0 spiro atoms. The van der Waals surface area contributed by atoms with Crippen LogP contribution in [-0.2, 0) is 4.79 Å². The highest BCUT2D eigenvalue weighted by Gasteiger charge is 2.60. The number of piperidine rings is 1. The average Bonchev–Trinajstić information content (AvgIpc) is 3.07. The van der Waals surface area contributed by atoms with Gasteiger partial charge in [-0.15, -0.1) is 11.3 Å². The maximum atomic E-state index is 13.5. The van der Waals surface area contributed by atoms with E-state index in [0.717, 1.165) is 5.13 Å². The van der Waals surface area contributed by atoms with Crippen molar-refractivity contribution in [1.29, 1.82) is 0 Å². The molecule has 1 atom stereocenters. The fourth-order valence-corrected chi connectivity index (χ4v) is 4.03. The van der Waals surface area contributed by atoms with Gasteiger partial charge in [0.25, 0.3) is 5.91 Å². The number of halogens is 3. The smallest absolute Gasteiger partial charge is 0.401 e. The van der Waals surface area contributed by atoms with Crippen LogP contribution >= 0.6 is 11.3 Å². The number of aliphatic imine (C=N–C) groups is 1. The Hall–Kier alpha value is -2.14. The SMILES string of the molecule is NC1=NC(=O)CC(O)(C(F)(F)F)C1=C(N)C1CCN(c2nccs2)CC1. The highest BCUT2D eigenvalue weighted by Crippen LogP contribution is 2.43. The van der Waals surface area contributed by atoms with Gasteiger partial charge >= 0.3 is 6.18 Å². The van der Waals surface area contributed by atoms with Crippen molar-refractivity contribution in [3.63, 3.8) is 0 Å². The number of anilines is 1. The second-order valence-electron chi connectivity index (χ2n) is 6.33. The molecule has 0 aromatic carbocycles. The molecule has 1 amide bonds. The normalized spacial score (nSPS) is 27.5. The van der Waals surface area contributed by atoms with E-state index in [-0.39, 0.29) is 5.70 Å². The first-order valence-corrected chi connectivity index (χ1v) is 8.82. The lowest BCUT2D eigenvalue weighted by Gasteiger charge is -2.38. The summed E-state index contributed by atoms with van der Waals surface area (Å²) in [5.74, 6) is -2.20. The standard InChI is InChI=1S/C15H18F3N5O2S/c16-15(17,18)14(25)7-9(24)22-12(20)10(14)11(19)8-1-4-23(5-2-8)13-21-3-6-26-13/h3,6,8,25H,1-2,4-5,7,19H2,(H2,20,22,24). The van der Waals surface area contributed by atoms with E-state index < -0.39 is 41.4 Å². The number of amidine groups is 1. The topological polar surface area (TPSA) is 118 Å². The Bertz CT molecular complexity index is 754. The summed E-state index contributed by atoms with van der Waals surface area (Å²) >= 11 is 1.48. The molecule has 142 valence electrons. The molecule has 0 bridgehead atoms. The van der Waals surface area contributed by atoms with E-state index >= 15 is 0 Å². The summed E-state index contributed by atoms with van der Waals surface area (Å²) in [7, 11) is 0. The van der Waals surface area contributed by atoms with Gasteiger partial charge in [-0.2, -0.15) is 18.2 Å². The minimum atomic E-state index is -5.09. The summed E-state index contributed by atoms with van der Waals surface area (Å²) in [6.07, 6.45) is -3.67. The number of hydrogen-bond donors (Lipinski definition) is 3. The molecule has 26 heavy (non-hydrogen) atoms. The fourth-order valence-electron chi connectivity index (χ4n) is 3.34. The quantitative estimate of drug-likeness (QED) is 0.699. The van der Waals surface area contributed by atoms with Gasteiger partial charge in [0.15, 0.2) is 10.7 Å². The van der Waals surface area contributed by atoms with Crippen LogP contribution in [0.3, 0.4) is 0 Å². The Labute approximate surface area is 151 Å². The van der Waals surface area contributed by atoms with E-state index in [2.05, 4.69) is 9.98 Å². The molecule has 1 saturated heterocycles. The number of aliphatic hydroxyl groups is 1. The third-order valence-corrected chi connectivity index (χ3v) is 5.54. The average molecular weight is 389 g/mol. The van der Waals surface area contributed by atoms with E-state index in [4.69, 9.17) is 11.5 Å². The molecule has 11 heteroatoms. The van der Waals surface area contributed by atoms with Gasteiger partial charge in [-0.05, 0) is 12.8 Å². The summed E-state index contributed by atoms with van der Waals surface area (Å²) in [6.45, 7) is 1.12. The minimum absolute atomic E-state index is 0.155. The number of carbonyl (C=O) groups excluding carboxylic acids is 1. The summed E-state index contributed by atoms with van der Waals surface area (Å²) in [5, 5.41) is 12.9. The van der Waals surface area contributed by atoms with Crippen molar-refractivity contribution >= 4 is 28.2 Å². The van der Waals surface area contributed by atoms with Crippen LogP contribution in [0.2, 0.25) is 0 Å². The Kier molecular flexibility index (Phi) is 4.69. The van der Waals surface area contributed by atoms with Crippen LogP contribution in [0.1, 0.15) is 19.3 Å². The van der Waals surface area contributed by atoms with Gasteiger partial charge in [-0.25, -0.2) is 4.98 Å². The second kappa shape index (κ2) is 6.54. The lowest BCUT2D eigenvalue weighted by molar-refractivity contribution is -0.244. The fraction of sp³-hybridized carbons (Fsp3) is 0.533. The number of thiazole rings is 1. The zero-order valence-electron chi connectivity index (χ0n) is 13.7. The Morgan fingerprint density at radius 3 is 2.58 bits per heavy atom. The van der Waals surface area contributed by atoms with Crippen LogP contribution in [0.4, 0.5) is 18.3 Å². The molecule has 2 aliphatic heterocycles. The van der Waals surface area contributed by atoms with Crippen molar-refractivity contribution < 1.29 is 23.1 Å². The first-order chi connectivity index (χ1) is 12.1. The molecular formula is C15H18F3N5O2S. The number of aromatic nitrogens is 1. The lowest BCUT2D eigenvalue weighted by atomic mass is 9.80. The molecule has 5 N–H and O–H groups in total. The summed E-state index contributed by atoms with van der Waals surface area (Å²) < 4.78 is 40.4. The van der Waals surface area contributed by atoms with Gasteiger partial charge in [0.2, 0.25) is 0 Å². The first-order valence-electron chi connectivity index (χ1n) is 7.94.